The fourth-order valence-corrected chi connectivity index (χ4v) is 2.86. The van der Waals surface area contributed by atoms with Crippen LogP contribution >= 0.6 is 11.6 Å². The lowest BCUT2D eigenvalue weighted by atomic mass is 10.1. The van der Waals surface area contributed by atoms with Gasteiger partial charge in [-0.3, -0.25) is 0 Å². The number of hydrogen-bond donors (Lipinski definition) is 0. The average Bonchev–Trinajstić information content (AvgIpc) is 3.01. The van der Waals surface area contributed by atoms with Crippen molar-refractivity contribution in [3.63, 3.8) is 0 Å². The second-order valence-corrected chi connectivity index (χ2v) is 6.97. The first kappa shape index (κ1) is 18.2. The third kappa shape index (κ3) is 3.51. The van der Waals surface area contributed by atoms with Crippen molar-refractivity contribution in [2.45, 2.75) is 33.6 Å². The van der Waals surface area contributed by atoms with E-state index in [1.54, 1.807) is 35.0 Å². The quantitative estimate of drug-likeness (QED) is 0.572. The number of hydrogen-bond acceptors (Lipinski definition) is 3. The molecule has 0 aliphatic carbocycles. The lowest BCUT2D eigenvalue weighted by Crippen LogP contribution is -2.13. The molecule has 2 aromatic carbocycles. The van der Waals surface area contributed by atoms with Crippen molar-refractivity contribution in [3.05, 3.63) is 75.9 Å². The molecule has 0 radical (unpaired) electrons. The van der Waals surface area contributed by atoms with Crippen LogP contribution in [-0.2, 0) is 0 Å². The molecule has 0 spiro atoms. The molecule has 1 aromatic heterocycles. The Morgan fingerprint density at radius 2 is 1.85 bits per heavy atom. The lowest BCUT2D eigenvalue weighted by Gasteiger charge is -2.12. The monoisotopic (exact) mass is 368 g/mol. The summed E-state index contributed by atoms with van der Waals surface area (Å²) in [6, 6.07) is 14.6. The highest BCUT2D eigenvalue weighted by Crippen LogP contribution is 2.28. The van der Waals surface area contributed by atoms with Crippen LogP contribution in [0.4, 0.5) is 0 Å². The number of rotatable bonds is 4. The van der Waals surface area contributed by atoms with Crippen LogP contribution in [0.25, 0.3) is 5.69 Å². The Morgan fingerprint density at radius 3 is 2.54 bits per heavy atom. The number of esters is 1. The Bertz CT molecular complexity index is 960. The van der Waals surface area contributed by atoms with Gasteiger partial charge in [0.25, 0.3) is 0 Å². The van der Waals surface area contributed by atoms with Gasteiger partial charge in [0.1, 0.15) is 0 Å². The molecule has 26 heavy (non-hydrogen) atoms. The van der Waals surface area contributed by atoms with Gasteiger partial charge in [-0.1, -0.05) is 49.7 Å². The van der Waals surface area contributed by atoms with Gasteiger partial charge in [-0.05, 0) is 49.1 Å². The maximum Gasteiger partial charge on any atom is 0.346 e. The Morgan fingerprint density at radius 1 is 1.12 bits per heavy atom. The van der Waals surface area contributed by atoms with Crippen LogP contribution in [0.3, 0.4) is 0 Å². The third-order valence-corrected chi connectivity index (χ3v) is 4.71. The molecule has 5 heteroatoms. The van der Waals surface area contributed by atoms with Gasteiger partial charge in [0, 0.05) is 6.07 Å². The molecule has 0 aliphatic heterocycles. The highest BCUT2D eigenvalue weighted by Gasteiger charge is 2.19. The largest absolute Gasteiger partial charge is 0.404 e. The second-order valence-electron chi connectivity index (χ2n) is 6.56. The zero-order valence-electron chi connectivity index (χ0n) is 15.3. The summed E-state index contributed by atoms with van der Waals surface area (Å²) in [5.41, 5.74) is 4.30. The minimum atomic E-state index is -0.502. The van der Waals surface area contributed by atoms with Gasteiger partial charge in [-0.2, -0.15) is 5.10 Å². The van der Waals surface area contributed by atoms with Gasteiger partial charge in [0.2, 0.25) is 5.88 Å². The van der Waals surface area contributed by atoms with Crippen LogP contribution < -0.4 is 4.74 Å². The molecule has 4 nitrogen and oxygen atoms in total. The van der Waals surface area contributed by atoms with E-state index in [1.165, 1.54) is 0 Å². The van der Waals surface area contributed by atoms with E-state index in [9.17, 15) is 4.79 Å². The number of aryl methyl sites for hydroxylation is 1. The first-order valence-corrected chi connectivity index (χ1v) is 8.89. The maximum absolute atomic E-state index is 12.6. The van der Waals surface area contributed by atoms with Gasteiger partial charge in [0.05, 0.1) is 22.0 Å². The number of ether oxygens (including phenoxy) is 1. The van der Waals surface area contributed by atoms with Gasteiger partial charge in [-0.25, -0.2) is 9.48 Å². The Balaban J connectivity index is 2.05. The van der Waals surface area contributed by atoms with Crippen LogP contribution in [0.15, 0.2) is 48.5 Å². The number of nitrogens with zero attached hydrogens (tertiary/aromatic N) is 2. The molecule has 0 atom stereocenters. The van der Waals surface area contributed by atoms with E-state index in [0.29, 0.717) is 16.5 Å². The average molecular weight is 369 g/mol. The van der Waals surface area contributed by atoms with E-state index in [2.05, 4.69) is 18.9 Å². The molecule has 1 heterocycles. The fourth-order valence-electron chi connectivity index (χ4n) is 2.65. The highest BCUT2D eigenvalue weighted by molar-refractivity contribution is 6.33. The summed E-state index contributed by atoms with van der Waals surface area (Å²) in [6.45, 7) is 8.17. The van der Waals surface area contributed by atoms with Gasteiger partial charge in [0.15, 0.2) is 0 Å². The van der Waals surface area contributed by atoms with E-state index >= 15 is 0 Å². The first-order chi connectivity index (χ1) is 12.4. The molecular formula is C21H21ClN2O2. The number of benzene rings is 2. The number of carbonyl (C=O) groups excluding carboxylic acids is 1. The molecule has 0 N–H and O–H groups in total. The van der Waals surface area contributed by atoms with Gasteiger partial charge in [-0.15, -0.1) is 0 Å². The molecule has 0 fully saturated rings. The van der Waals surface area contributed by atoms with Crippen molar-refractivity contribution in [1.82, 2.24) is 9.78 Å². The standard InChI is InChI=1S/C21H21ClN2O2/c1-13(2)18-12-20(26-21(25)16-9-5-6-10-17(16)22)24(23-18)19-11-7-8-14(3)15(19)4/h5-13H,1-4H3. The minimum Gasteiger partial charge on any atom is -0.404 e. The zero-order chi connectivity index (χ0) is 18.8. The molecule has 0 aliphatic rings. The predicted molar refractivity (Wildman–Crippen MR) is 104 cm³/mol. The number of halogens is 1. The fraction of sp³-hybridized carbons (Fsp3) is 0.238. The summed E-state index contributed by atoms with van der Waals surface area (Å²) in [5.74, 6) is 0.0869. The van der Waals surface area contributed by atoms with Gasteiger partial charge >= 0.3 is 5.97 Å². The normalized spacial score (nSPS) is 11.0. The van der Waals surface area contributed by atoms with E-state index in [-0.39, 0.29) is 5.92 Å². The summed E-state index contributed by atoms with van der Waals surface area (Å²) in [6.07, 6.45) is 0. The van der Waals surface area contributed by atoms with E-state index in [1.807, 2.05) is 32.0 Å². The summed E-state index contributed by atoms with van der Waals surface area (Å²) in [7, 11) is 0. The SMILES string of the molecule is Cc1cccc(-n2nc(C(C)C)cc2OC(=O)c2ccccc2Cl)c1C. The molecule has 0 unspecified atom stereocenters. The molecule has 3 rings (SSSR count). The number of aromatic nitrogens is 2. The van der Waals surface area contributed by atoms with Crippen LogP contribution in [0, 0.1) is 13.8 Å². The molecule has 0 bridgehead atoms. The highest BCUT2D eigenvalue weighted by atomic mass is 35.5. The zero-order valence-corrected chi connectivity index (χ0v) is 16.0. The third-order valence-electron chi connectivity index (χ3n) is 4.38. The molecule has 0 amide bonds. The lowest BCUT2D eigenvalue weighted by molar-refractivity contribution is 0.0723. The van der Waals surface area contributed by atoms with Crippen molar-refractivity contribution in [3.8, 4) is 11.6 Å². The van der Waals surface area contributed by atoms with Crippen molar-refractivity contribution in [2.75, 3.05) is 0 Å². The summed E-state index contributed by atoms with van der Waals surface area (Å²) >= 11 is 6.12. The summed E-state index contributed by atoms with van der Waals surface area (Å²) < 4.78 is 7.36. The van der Waals surface area contributed by atoms with Crippen molar-refractivity contribution >= 4 is 17.6 Å². The van der Waals surface area contributed by atoms with E-state index in [0.717, 1.165) is 22.5 Å². The topological polar surface area (TPSA) is 44.1 Å². The van der Waals surface area contributed by atoms with Crippen LogP contribution in [0.5, 0.6) is 5.88 Å². The van der Waals surface area contributed by atoms with Crippen LogP contribution in [0.1, 0.15) is 46.9 Å². The molecule has 0 saturated carbocycles. The Labute approximate surface area is 158 Å². The van der Waals surface area contributed by atoms with Crippen molar-refractivity contribution < 1.29 is 9.53 Å². The molecule has 0 saturated heterocycles. The Hall–Kier alpha value is -2.59. The second kappa shape index (κ2) is 7.34. The minimum absolute atomic E-state index is 0.208. The van der Waals surface area contributed by atoms with Crippen LogP contribution in [-0.4, -0.2) is 15.7 Å². The molecule has 3 aromatic rings. The van der Waals surface area contributed by atoms with E-state index in [4.69, 9.17) is 16.3 Å². The maximum atomic E-state index is 12.6. The van der Waals surface area contributed by atoms with Crippen molar-refractivity contribution in [2.24, 2.45) is 0 Å². The van der Waals surface area contributed by atoms with Crippen molar-refractivity contribution in [1.29, 1.82) is 0 Å². The summed E-state index contributed by atoms with van der Waals surface area (Å²) in [4.78, 5) is 12.6. The molecular weight excluding hydrogens is 348 g/mol. The van der Waals surface area contributed by atoms with Gasteiger partial charge < -0.3 is 4.74 Å². The van der Waals surface area contributed by atoms with E-state index < -0.39 is 5.97 Å². The first-order valence-electron chi connectivity index (χ1n) is 8.51. The summed E-state index contributed by atoms with van der Waals surface area (Å²) in [5, 5.41) is 5.02. The smallest absolute Gasteiger partial charge is 0.346 e. The number of carbonyl (C=O) groups is 1. The Kier molecular flexibility index (Phi) is 5.14. The van der Waals surface area contributed by atoms with Crippen LogP contribution in [0.2, 0.25) is 5.02 Å². The molecule has 134 valence electrons. The predicted octanol–water partition coefficient (Wildman–Crippen LogP) is 5.49.